The van der Waals surface area contributed by atoms with Gasteiger partial charge in [0.2, 0.25) is 0 Å². The Hall–Kier alpha value is -1.62. The number of phosphoric acid groups is 1. The van der Waals surface area contributed by atoms with Crippen molar-refractivity contribution in [2.75, 3.05) is 12.3 Å². The summed E-state index contributed by atoms with van der Waals surface area (Å²) < 4.78 is 38.3. The molecule has 1 fully saturated rings. The van der Waals surface area contributed by atoms with Gasteiger partial charge in [-0.2, -0.15) is 0 Å². The van der Waals surface area contributed by atoms with E-state index in [1.54, 1.807) is 24.7 Å². The molecule has 0 radical (unpaired) electrons. The van der Waals surface area contributed by atoms with Crippen LogP contribution in [0.2, 0.25) is 0 Å². The normalized spacial score (nSPS) is 22.0. The highest BCUT2D eigenvalue weighted by Gasteiger charge is 2.49. The number of rotatable bonds is 23. The van der Waals surface area contributed by atoms with E-state index in [9.17, 15) is 9.46 Å². The van der Waals surface area contributed by atoms with Crippen LogP contribution in [-0.4, -0.2) is 50.5 Å². The second-order valence-corrected chi connectivity index (χ2v) is 14.2. The Labute approximate surface area is 264 Å². The number of nitrogens with two attached hydrogens (primary N) is 1. The zero-order chi connectivity index (χ0) is 32.0. The zero-order valence-electron chi connectivity index (χ0n) is 27.7. The van der Waals surface area contributed by atoms with E-state index in [2.05, 4.69) is 35.7 Å². The second kappa shape index (κ2) is 19.1. The van der Waals surface area contributed by atoms with E-state index in [4.69, 9.17) is 24.3 Å². The number of ether oxygens (including phenoxy) is 2. The van der Waals surface area contributed by atoms with Crippen LogP contribution in [0.4, 0.5) is 5.82 Å². The first-order valence-corrected chi connectivity index (χ1v) is 18.5. The maximum Gasteiger partial charge on any atom is 0.268 e. The standard InChI is InChI=1S/C32H58N5O6P/c1-6-7-8-9-10-11-12-13-14-15-16-17-18-19-20-40-29-28(43-44(38,39)42-25(4)5)26(21-24(2)3)41-32(29)37-23-36-27-30(33)34-22-35-31(27)37/h22-26,28-29,32H,6-21H2,1-5H3,(H,38,39)(H2,33,34,35)/p-1/t26-,28?,29+,32-/m1/s1. The number of nitrogens with zero attached hydrogens (tertiary/aromatic N) is 4. The lowest BCUT2D eigenvalue weighted by atomic mass is 10.0. The number of anilines is 1. The van der Waals surface area contributed by atoms with Crippen LogP contribution in [0, 0.1) is 5.92 Å². The number of hydrogen-bond donors (Lipinski definition) is 1. The molecule has 2 aromatic heterocycles. The highest BCUT2D eigenvalue weighted by atomic mass is 31.2. The fourth-order valence-electron chi connectivity index (χ4n) is 5.90. The Morgan fingerprint density at radius 1 is 0.909 bits per heavy atom. The molecule has 44 heavy (non-hydrogen) atoms. The predicted octanol–water partition coefficient (Wildman–Crippen LogP) is 7.50. The molecule has 252 valence electrons. The lowest BCUT2D eigenvalue weighted by molar-refractivity contribution is -0.237. The Morgan fingerprint density at radius 3 is 2.07 bits per heavy atom. The average Bonchev–Trinajstić information content (AvgIpc) is 3.52. The summed E-state index contributed by atoms with van der Waals surface area (Å²) in [7, 11) is -4.63. The number of phosphoric ester groups is 1. The Balaban J connectivity index is 1.56. The van der Waals surface area contributed by atoms with Crippen molar-refractivity contribution in [2.45, 2.75) is 162 Å². The van der Waals surface area contributed by atoms with Crippen molar-refractivity contribution >= 4 is 24.8 Å². The minimum Gasteiger partial charge on any atom is -0.756 e. The highest BCUT2D eigenvalue weighted by molar-refractivity contribution is 7.45. The van der Waals surface area contributed by atoms with Crippen molar-refractivity contribution in [3.63, 3.8) is 0 Å². The van der Waals surface area contributed by atoms with E-state index in [1.165, 1.54) is 77.0 Å². The quantitative estimate of drug-likeness (QED) is 0.0958. The maximum atomic E-state index is 12.9. The summed E-state index contributed by atoms with van der Waals surface area (Å²) in [4.78, 5) is 25.7. The Bertz CT molecular complexity index is 1130. The molecule has 0 aliphatic carbocycles. The smallest absolute Gasteiger partial charge is 0.268 e. The molecule has 5 atom stereocenters. The lowest BCUT2D eigenvalue weighted by Crippen LogP contribution is -2.38. The van der Waals surface area contributed by atoms with Gasteiger partial charge in [0.1, 0.15) is 24.1 Å². The van der Waals surface area contributed by atoms with Gasteiger partial charge in [0.05, 0.1) is 18.5 Å². The maximum absolute atomic E-state index is 12.9. The Kier molecular flexibility index (Phi) is 16.0. The molecule has 11 nitrogen and oxygen atoms in total. The summed E-state index contributed by atoms with van der Waals surface area (Å²) in [6.07, 6.45) is 17.9. The van der Waals surface area contributed by atoms with Gasteiger partial charge in [0, 0.05) is 6.61 Å². The summed E-state index contributed by atoms with van der Waals surface area (Å²) in [6.45, 7) is 10.1. The molecule has 3 heterocycles. The van der Waals surface area contributed by atoms with Crippen LogP contribution >= 0.6 is 7.82 Å². The van der Waals surface area contributed by atoms with Gasteiger partial charge in [-0.05, 0) is 32.6 Å². The molecule has 2 unspecified atom stereocenters. The lowest BCUT2D eigenvalue weighted by Gasteiger charge is -2.32. The van der Waals surface area contributed by atoms with Crippen LogP contribution in [0.1, 0.15) is 137 Å². The first-order valence-electron chi connectivity index (χ1n) is 17.0. The van der Waals surface area contributed by atoms with Crippen molar-refractivity contribution in [1.29, 1.82) is 0 Å². The van der Waals surface area contributed by atoms with Gasteiger partial charge in [-0.3, -0.25) is 9.13 Å². The van der Waals surface area contributed by atoms with E-state index < -0.39 is 38.5 Å². The van der Waals surface area contributed by atoms with Crippen LogP contribution in [0.25, 0.3) is 11.2 Å². The second-order valence-electron chi connectivity index (χ2n) is 12.9. The van der Waals surface area contributed by atoms with E-state index in [0.717, 1.165) is 19.3 Å². The molecule has 0 bridgehead atoms. The highest BCUT2D eigenvalue weighted by Crippen LogP contribution is 2.48. The monoisotopic (exact) mass is 638 g/mol. The van der Waals surface area contributed by atoms with Crippen LogP contribution in [0.5, 0.6) is 0 Å². The Morgan fingerprint density at radius 2 is 1.50 bits per heavy atom. The number of unbranched alkanes of at least 4 members (excludes halogenated alkanes) is 13. The van der Waals surface area contributed by atoms with Crippen molar-refractivity contribution in [2.24, 2.45) is 5.92 Å². The van der Waals surface area contributed by atoms with Crippen molar-refractivity contribution in [3.8, 4) is 0 Å². The molecule has 2 aromatic rings. The zero-order valence-corrected chi connectivity index (χ0v) is 28.6. The van der Waals surface area contributed by atoms with Crippen molar-refractivity contribution < 1.29 is 28.0 Å². The van der Waals surface area contributed by atoms with Gasteiger partial charge in [-0.25, -0.2) is 15.0 Å². The summed E-state index contributed by atoms with van der Waals surface area (Å²) in [5.74, 6) is 0.485. The molecule has 12 heteroatoms. The number of imidazole rings is 1. The van der Waals surface area contributed by atoms with Crippen LogP contribution in [0.15, 0.2) is 12.7 Å². The molecule has 1 saturated heterocycles. The minimum absolute atomic E-state index is 0.228. The topological polar surface area (TPSA) is 147 Å². The molecular weight excluding hydrogens is 581 g/mol. The van der Waals surface area contributed by atoms with E-state index in [0.29, 0.717) is 24.2 Å². The molecule has 2 N–H and O–H groups in total. The minimum atomic E-state index is -4.63. The van der Waals surface area contributed by atoms with Gasteiger partial charge in [0.25, 0.3) is 7.82 Å². The number of fused-ring (bicyclic) bond motifs is 1. The number of hydrogen-bond acceptors (Lipinski definition) is 10. The SMILES string of the molecule is CCCCCCCCCCCCCCCCO[C@H]1C(OP(=O)([O-])OC(C)C)[C@@H](CC(C)C)O[C@H]1n1cnc2c(N)ncnc21. The van der Waals surface area contributed by atoms with E-state index in [-0.39, 0.29) is 11.7 Å². The summed E-state index contributed by atoms with van der Waals surface area (Å²) in [6, 6.07) is 0. The molecule has 1 aliphatic rings. The van der Waals surface area contributed by atoms with Gasteiger partial charge < -0.3 is 29.1 Å². The fraction of sp³-hybridized carbons (Fsp3) is 0.844. The first kappa shape index (κ1) is 36.8. The molecule has 0 spiro atoms. The summed E-state index contributed by atoms with van der Waals surface area (Å²) >= 11 is 0. The molecular formula is C32H57N5O6P-. The average molecular weight is 639 g/mol. The molecule has 0 saturated carbocycles. The van der Waals surface area contributed by atoms with Crippen LogP contribution < -0.4 is 10.6 Å². The van der Waals surface area contributed by atoms with E-state index >= 15 is 0 Å². The largest absolute Gasteiger partial charge is 0.756 e. The van der Waals surface area contributed by atoms with E-state index in [1.807, 2.05) is 0 Å². The molecule has 0 amide bonds. The summed E-state index contributed by atoms with van der Waals surface area (Å²) in [5.41, 5.74) is 6.97. The van der Waals surface area contributed by atoms with Gasteiger partial charge in [0.15, 0.2) is 17.7 Å². The van der Waals surface area contributed by atoms with Gasteiger partial charge in [-0.1, -0.05) is 104 Å². The summed E-state index contributed by atoms with van der Waals surface area (Å²) in [5, 5.41) is 0. The van der Waals surface area contributed by atoms with Crippen molar-refractivity contribution in [1.82, 2.24) is 19.5 Å². The van der Waals surface area contributed by atoms with Crippen molar-refractivity contribution in [3.05, 3.63) is 12.7 Å². The van der Waals surface area contributed by atoms with Crippen LogP contribution in [0.3, 0.4) is 0 Å². The number of aromatic nitrogens is 4. The van der Waals surface area contributed by atoms with Crippen LogP contribution in [-0.2, 0) is 23.1 Å². The first-order chi connectivity index (χ1) is 21.1. The fourth-order valence-corrected chi connectivity index (χ4v) is 7.02. The van der Waals surface area contributed by atoms with Gasteiger partial charge in [-0.15, -0.1) is 0 Å². The third-order valence-corrected chi connectivity index (χ3v) is 9.23. The van der Waals surface area contributed by atoms with Gasteiger partial charge >= 0.3 is 0 Å². The third-order valence-electron chi connectivity index (χ3n) is 8.05. The third kappa shape index (κ3) is 12.0. The molecule has 0 aromatic carbocycles. The molecule has 1 aliphatic heterocycles. The predicted molar refractivity (Wildman–Crippen MR) is 172 cm³/mol. The number of nitrogen functional groups attached to an aromatic ring is 1. The molecule has 3 rings (SSSR count).